The van der Waals surface area contributed by atoms with Crippen LogP contribution in [0.15, 0.2) is 24.3 Å². The van der Waals surface area contributed by atoms with Gasteiger partial charge in [-0.2, -0.15) is 0 Å². The minimum atomic E-state index is -0.315. The van der Waals surface area contributed by atoms with Gasteiger partial charge >= 0.3 is 0 Å². The van der Waals surface area contributed by atoms with Gasteiger partial charge in [-0.1, -0.05) is 18.2 Å². The molecule has 4 heteroatoms. The van der Waals surface area contributed by atoms with E-state index in [1.807, 2.05) is 24.3 Å². The third-order valence-corrected chi connectivity index (χ3v) is 5.07. The molecular formula is C18H26N2O2. The summed E-state index contributed by atoms with van der Waals surface area (Å²) in [6.45, 7) is 4.18. The normalized spacial score (nSPS) is 23.7. The average molecular weight is 302 g/mol. The SMILES string of the molecule is NC(=O)c1ccccc1C[C@@H]1CCCN1CC1CCOCC1. The molecule has 1 aromatic rings. The summed E-state index contributed by atoms with van der Waals surface area (Å²) in [5.74, 6) is 0.449. The minimum absolute atomic E-state index is 0.315. The number of primary amides is 1. The van der Waals surface area contributed by atoms with Crippen molar-refractivity contribution in [2.45, 2.75) is 38.1 Å². The molecule has 2 aliphatic heterocycles. The smallest absolute Gasteiger partial charge is 0.248 e. The summed E-state index contributed by atoms with van der Waals surface area (Å²) in [6, 6.07) is 8.32. The summed E-state index contributed by atoms with van der Waals surface area (Å²) in [4.78, 5) is 14.2. The first-order valence-electron chi connectivity index (χ1n) is 8.43. The fourth-order valence-electron chi connectivity index (χ4n) is 3.82. The molecule has 1 aromatic carbocycles. The number of carbonyl (C=O) groups excluding carboxylic acids is 1. The van der Waals surface area contributed by atoms with E-state index in [0.29, 0.717) is 11.6 Å². The Balaban J connectivity index is 1.64. The fourth-order valence-corrected chi connectivity index (χ4v) is 3.82. The van der Waals surface area contributed by atoms with Crippen LogP contribution in [0.25, 0.3) is 0 Å². The molecule has 0 radical (unpaired) electrons. The zero-order chi connectivity index (χ0) is 15.4. The Labute approximate surface area is 132 Å². The van der Waals surface area contributed by atoms with Gasteiger partial charge in [0, 0.05) is 31.4 Å². The van der Waals surface area contributed by atoms with Gasteiger partial charge in [-0.15, -0.1) is 0 Å². The number of nitrogens with zero attached hydrogens (tertiary/aromatic N) is 1. The molecule has 0 unspecified atom stereocenters. The largest absolute Gasteiger partial charge is 0.381 e. The molecule has 2 N–H and O–H groups in total. The number of hydrogen-bond donors (Lipinski definition) is 1. The first-order chi connectivity index (χ1) is 10.7. The van der Waals surface area contributed by atoms with Gasteiger partial charge in [-0.05, 0) is 56.2 Å². The Kier molecular flexibility index (Phi) is 5.11. The lowest BCUT2D eigenvalue weighted by molar-refractivity contribution is 0.0507. The highest BCUT2D eigenvalue weighted by Gasteiger charge is 2.28. The van der Waals surface area contributed by atoms with Gasteiger partial charge in [0.05, 0.1) is 0 Å². The molecule has 3 rings (SSSR count). The van der Waals surface area contributed by atoms with Crippen molar-refractivity contribution in [3.05, 3.63) is 35.4 Å². The lowest BCUT2D eigenvalue weighted by Crippen LogP contribution is -2.37. The number of ether oxygens (including phenoxy) is 1. The quantitative estimate of drug-likeness (QED) is 0.907. The van der Waals surface area contributed by atoms with E-state index in [4.69, 9.17) is 10.5 Å². The standard InChI is InChI=1S/C18H26N2O2/c19-18(21)17-6-2-1-4-15(17)12-16-5-3-9-20(16)13-14-7-10-22-11-8-14/h1-2,4,6,14,16H,3,5,7-13H2,(H2,19,21)/t16-/m0/s1. The van der Waals surface area contributed by atoms with Crippen LogP contribution in [-0.2, 0) is 11.2 Å². The molecule has 0 spiro atoms. The van der Waals surface area contributed by atoms with Gasteiger partial charge in [-0.25, -0.2) is 0 Å². The molecule has 4 nitrogen and oxygen atoms in total. The summed E-state index contributed by atoms with van der Waals surface area (Å²) in [5.41, 5.74) is 7.28. The lowest BCUT2D eigenvalue weighted by atomic mass is 9.96. The third-order valence-electron chi connectivity index (χ3n) is 5.07. The van der Waals surface area contributed by atoms with E-state index in [1.165, 1.54) is 38.8 Å². The second-order valence-electron chi connectivity index (χ2n) is 6.57. The Bertz CT molecular complexity index is 512. The van der Waals surface area contributed by atoms with Gasteiger partial charge in [-0.3, -0.25) is 9.69 Å². The van der Waals surface area contributed by atoms with Crippen LogP contribution in [0.5, 0.6) is 0 Å². The van der Waals surface area contributed by atoms with Gasteiger partial charge in [0.2, 0.25) is 5.91 Å². The molecule has 2 saturated heterocycles. The summed E-state index contributed by atoms with van der Waals surface area (Å²) >= 11 is 0. The number of likely N-dealkylation sites (tertiary alicyclic amines) is 1. The van der Waals surface area contributed by atoms with Gasteiger partial charge in [0.1, 0.15) is 0 Å². The molecule has 0 saturated carbocycles. The second-order valence-corrected chi connectivity index (χ2v) is 6.57. The van der Waals surface area contributed by atoms with Gasteiger partial charge < -0.3 is 10.5 Å². The molecule has 2 fully saturated rings. The molecule has 120 valence electrons. The highest BCUT2D eigenvalue weighted by Crippen LogP contribution is 2.26. The maximum Gasteiger partial charge on any atom is 0.248 e. The monoisotopic (exact) mass is 302 g/mol. The predicted molar refractivity (Wildman–Crippen MR) is 86.8 cm³/mol. The molecule has 0 aromatic heterocycles. The van der Waals surface area contributed by atoms with Crippen LogP contribution >= 0.6 is 0 Å². The predicted octanol–water partition coefficient (Wildman–Crippen LogP) is 2.22. The molecule has 1 atom stereocenters. The number of benzene rings is 1. The minimum Gasteiger partial charge on any atom is -0.381 e. The molecule has 2 heterocycles. The first kappa shape index (κ1) is 15.5. The average Bonchev–Trinajstić information content (AvgIpc) is 2.96. The fraction of sp³-hybridized carbons (Fsp3) is 0.611. The second kappa shape index (κ2) is 7.25. The molecule has 0 aliphatic carbocycles. The van der Waals surface area contributed by atoms with Crippen LogP contribution in [0.3, 0.4) is 0 Å². The summed E-state index contributed by atoms with van der Waals surface area (Å²) in [6.07, 6.45) is 5.77. The number of carbonyl (C=O) groups is 1. The molecule has 2 aliphatic rings. The summed E-state index contributed by atoms with van der Waals surface area (Å²) in [7, 11) is 0. The number of nitrogens with two attached hydrogens (primary N) is 1. The van der Waals surface area contributed by atoms with Crippen LogP contribution in [0, 0.1) is 5.92 Å². The van der Waals surface area contributed by atoms with Crippen LogP contribution < -0.4 is 5.73 Å². The first-order valence-corrected chi connectivity index (χ1v) is 8.43. The zero-order valence-corrected chi connectivity index (χ0v) is 13.2. The highest BCUT2D eigenvalue weighted by molar-refractivity contribution is 5.94. The summed E-state index contributed by atoms with van der Waals surface area (Å²) < 4.78 is 5.46. The van der Waals surface area contributed by atoms with E-state index in [2.05, 4.69) is 4.90 Å². The van der Waals surface area contributed by atoms with E-state index in [-0.39, 0.29) is 5.91 Å². The highest BCUT2D eigenvalue weighted by atomic mass is 16.5. The van der Waals surface area contributed by atoms with Crippen molar-refractivity contribution in [1.29, 1.82) is 0 Å². The lowest BCUT2D eigenvalue weighted by Gasteiger charge is -2.31. The number of hydrogen-bond acceptors (Lipinski definition) is 3. The maximum atomic E-state index is 11.6. The Morgan fingerprint density at radius 3 is 2.77 bits per heavy atom. The molecule has 1 amide bonds. The van der Waals surface area contributed by atoms with Gasteiger partial charge in [0.25, 0.3) is 0 Å². The van der Waals surface area contributed by atoms with Crippen molar-refractivity contribution in [3.63, 3.8) is 0 Å². The van der Waals surface area contributed by atoms with E-state index >= 15 is 0 Å². The Morgan fingerprint density at radius 2 is 2.00 bits per heavy atom. The van der Waals surface area contributed by atoms with Crippen molar-refractivity contribution in [3.8, 4) is 0 Å². The molecular weight excluding hydrogens is 276 g/mol. The van der Waals surface area contributed by atoms with Crippen LogP contribution in [-0.4, -0.2) is 43.2 Å². The van der Waals surface area contributed by atoms with Crippen LogP contribution in [0.4, 0.5) is 0 Å². The van der Waals surface area contributed by atoms with Crippen molar-refractivity contribution in [1.82, 2.24) is 4.90 Å². The van der Waals surface area contributed by atoms with Gasteiger partial charge in [0.15, 0.2) is 0 Å². The van der Waals surface area contributed by atoms with Crippen molar-refractivity contribution in [2.24, 2.45) is 11.7 Å². The van der Waals surface area contributed by atoms with Crippen LogP contribution in [0.1, 0.15) is 41.6 Å². The van der Waals surface area contributed by atoms with E-state index in [9.17, 15) is 4.79 Å². The Hall–Kier alpha value is -1.39. The molecule has 0 bridgehead atoms. The number of amides is 1. The van der Waals surface area contributed by atoms with E-state index in [0.717, 1.165) is 31.1 Å². The van der Waals surface area contributed by atoms with Crippen molar-refractivity contribution >= 4 is 5.91 Å². The maximum absolute atomic E-state index is 11.6. The number of rotatable bonds is 5. The van der Waals surface area contributed by atoms with Crippen molar-refractivity contribution < 1.29 is 9.53 Å². The Morgan fingerprint density at radius 1 is 1.23 bits per heavy atom. The van der Waals surface area contributed by atoms with Crippen LogP contribution in [0.2, 0.25) is 0 Å². The van der Waals surface area contributed by atoms with E-state index < -0.39 is 0 Å². The summed E-state index contributed by atoms with van der Waals surface area (Å²) in [5, 5.41) is 0. The third kappa shape index (κ3) is 3.68. The zero-order valence-electron chi connectivity index (χ0n) is 13.2. The molecule has 22 heavy (non-hydrogen) atoms. The van der Waals surface area contributed by atoms with E-state index in [1.54, 1.807) is 0 Å². The van der Waals surface area contributed by atoms with Crippen molar-refractivity contribution in [2.75, 3.05) is 26.3 Å². The topological polar surface area (TPSA) is 55.6 Å².